The van der Waals surface area contributed by atoms with Gasteiger partial charge in [0.25, 0.3) is 5.91 Å². The number of hydrogen-bond donors (Lipinski definition) is 1. The second-order valence-electron chi connectivity index (χ2n) is 4.92. The molecule has 2 aromatic rings. The average molecular weight is 392 g/mol. The minimum atomic E-state index is -3.20. The third-order valence-corrected chi connectivity index (χ3v) is 6.22. The molecule has 0 saturated heterocycles. The normalized spacial score (nSPS) is 11.4. The molecule has 1 aromatic heterocycles. The quantitative estimate of drug-likeness (QED) is 0.730. The summed E-state index contributed by atoms with van der Waals surface area (Å²) in [5, 5.41) is 2.65. The smallest absolute Gasteiger partial charge is 0.253 e. The van der Waals surface area contributed by atoms with Crippen molar-refractivity contribution in [3.05, 3.63) is 56.2 Å². The Morgan fingerprint density at radius 1 is 1.17 bits per heavy atom. The van der Waals surface area contributed by atoms with Crippen LogP contribution >= 0.6 is 34.5 Å². The monoisotopic (exact) mass is 391 g/mol. The molecule has 1 amide bonds. The van der Waals surface area contributed by atoms with Crippen LogP contribution in [0.4, 0.5) is 0 Å². The number of thiophene rings is 1. The minimum Gasteiger partial charge on any atom is -0.352 e. The van der Waals surface area contributed by atoms with Gasteiger partial charge >= 0.3 is 0 Å². The van der Waals surface area contributed by atoms with Crippen LogP contribution in [-0.2, 0) is 15.6 Å². The molecule has 1 heterocycles. The summed E-state index contributed by atoms with van der Waals surface area (Å²) in [6.45, 7) is 0.261. The number of rotatable bonds is 7. The predicted octanol–water partition coefficient (Wildman–Crippen LogP) is 3.79. The van der Waals surface area contributed by atoms with E-state index in [2.05, 4.69) is 5.32 Å². The molecular weight excluding hydrogens is 377 g/mol. The zero-order chi connectivity index (χ0) is 16.9. The van der Waals surface area contributed by atoms with E-state index in [1.165, 1.54) is 6.07 Å². The largest absolute Gasteiger partial charge is 0.352 e. The zero-order valence-electron chi connectivity index (χ0n) is 12.1. The molecule has 23 heavy (non-hydrogen) atoms. The van der Waals surface area contributed by atoms with Gasteiger partial charge in [-0.25, -0.2) is 8.42 Å². The van der Waals surface area contributed by atoms with Crippen LogP contribution in [0.5, 0.6) is 0 Å². The highest BCUT2D eigenvalue weighted by atomic mass is 35.5. The molecule has 0 aliphatic carbocycles. The van der Waals surface area contributed by atoms with Gasteiger partial charge in [0.2, 0.25) is 0 Å². The Morgan fingerprint density at radius 3 is 2.48 bits per heavy atom. The van der Waals surface area contributed by atoms with Crippen LogP contribution < -0.4 is 5.32 Å². The average Bonchev–Trinajstić information content (AvgIpc) is 2.83. The number of amides is 1. The van der Waals surface area contributed by atoms with Gasteiger partial charge in [0.1, 0.15) is 4.34 Å². The Labute approximate surface area is 149 Å². The van der Waals surface area contributed by atoms with Crippen molar-refractivity contribution in [2.45, 2.75) is 12.2 Å². The van der Waals surface area contributed by atoms with Crippen LogP contribution in [0.3, 0.4) is 0 Å². The highest BCUT2D eigenvalue weighted by Crippen LogP contribution is 2.30. The van der Waals surface area contributed by atoms with Crippen molar-refractivity contribution in [3.63, 3.8) is 0 Å². The molecule has 0 fully saturated rings. The van der Waals surface area contributed by atoms with Gasteiger partial charge in [0.15, 0.2) is 9.84 Å². The molecule has 1 aromatic carbocycles. The fourth-order valence-electron chi connectivity index (χ4n) is 1.98. The van der Waals surface area contributed by atoms with E-state index in [1.807, 2.05) is 6.07 Å². The van der Waals surface area contributed by atoms with Gasteiger partial charge in [-0.05, 0) is 18.1 Å². The van der Waals surface area contributed by atoms with Crippen molar-refractivity contribution >= 4 is 50.3 Å². The lowest BCUT2D eigenvalue weighted by molar-refractivity contribution is 0.0954. The Kier molecular flexibility index (Phi) is 6.47. The van der Waals surface area contributed by atoms with Crippen LogP contribution in [-0.4, -0.2) is 26.6 Å². The molecule has 0 atom stereocenters. The van der Waals surface area contributed by atoms with Crippen LogP contribution in [0.25, 0.3) is 0 Å². The van der Waals surface area contributed by atoms with E-state index in [4.69, 9.17) is 23.2 Å². The summed E-state index contributed by atoms with van der Waals surface area (Å²) in [5.74, 6) is -0.327. The fourth-order valence-corrected chi connectivity index (χ4v) is 4.87. The van der Waals surface area contributed by atoms with Crippen molar-refractivity contribution in [1.29, 1.82) is 0 Å². The third-order valence-electron chi connectivity index (χ3n) is 3.05. The standard InChI is InChI=1S/C15H15Cl2NO3S2/c16-13-9-12(14(17)22-13)15(19)18-7-4-8-23(20,21)10-11-5-2-1-3-6-11/h1-3,5-6,9H,4,7-8,10H2,(H,18,19). The van der Waals surface area contributed by atoms with E-state index in [0.717, 1.165) is 16.9 Å². The number of carbonyl (C=O) groups excluding carboxylic acids is 1. The highest BCUT2D eigenvalue weighted by molar-refractivity contribution is 7.90. The molecule has 0 aliphatic rings. The summed E-state index contributed by atoms with van der Waals surface area (Å²) in [4.78, 5) is 11.9. The topological polar surface area (TPSA) is 63.2 Å². The fraction of sp³-hybridized carbons (Fsp3) is 0.267. The number of nitrogens with one attached hydrogen (secondary N) is 1. The molecule has 4 nitrogen and oxygen atoms in total. The van der Waals surface area contributed by atoms with Crippen molar-refractivity contribution in [1.82, 2.24) is 5.32 Å². The molecule has 1 N–H and O–H groups in total. The van der Waals surface area contributed by atoms with E-state index >= 15 is 0 Å². The van der Waals surface area contributed by atoms with Gasteiger partial charge < -0.3 is 5.32 Å². The van der Waals surface area contributed by atoms with Gasteiger partial charge in [-0.2, -0.15) is 0 Å². The van der Waals surface area contributed by atoms with Crippen LogP contribution in [0, 0.1) is 0 Å². The lowest BCUT2D eigenvalue weighted by atomic mass is 10.2. The van der Waals surface area contributed by atoms with Gasteiger partial charge in [0, 0.05) is 6.54 Å². The maximum Gasteiger partial charge on any atom is 0.253 e. The summed E-state index contributed by atoms with van der Waals surface area (Å²) < 4.78 is 24.8. The van der Waals surface area contributed by atoms with Gasteiger partial charge in [-0.15, -0.1) is 11.3 Å². The molecule has 2 rings (SSSR count). The number of sulfone groups is 1. The first-order chi connectivity index (χ1) is 10.9. The highest BCUT2D eigenvalue weighted by Gasteiger charge is 2.15. The molecule has 0 unspecified atom stereocenters. The lowest BCUT2D eigenvalue weighted by Gasteiger charge is -2.06. The number of benzene rings is 1. The lowest BCUT2D eigenvalue weighted by Crippen LogP contribution is -2.26. The second-order valence-corrected chi connectivity index (χ2v) is 9.39. The van der Waals surface area contributed by atoms with E-state index in [9.17, 15) is 13.2 Å². The summed E-state index contributed by atoms with van der Waals surface area (Å²) in [7, 11) is -3.20. The number of carbonyl (C=O) groups is 1. The molecule has 0 radical (unpaired) electrons. The molecule has 8 heteroatoms. The van der Waals surface area contributed by atoms with Crippen LogP contribution in [0.1, 0.15) is 22.3 Å². The van der Waals surface area contributed by atoms with Crippen molar-refractivity contribution in [2.24, 2.45) is 0 Å². The first-order valence-electron chi connectivity index (χ1n) is 6.85. The van der Waals surface area contributed by atoms with Crippen molar-refractivity contribution < 1.29 is 13.2 Å². The summed E-state index contributed by atoms with van der Waals surface area (Å²) in [5.41, 5.74) is 1.07. The predicted molar refractivity (Wildman–Crippen MR) is 95.2 cm³/mol. The summed E-state index contributed by atoms with van der Waals surface area (Å²) in [6, 6.07) is 10.5. The Morgan fingerprint density at radius 2 is 1.87 bits per heavy atom. The SMILES string of the molecule is O=C(NCCCS(=O)(=O)Cc1ccccc1)c1cc(Cl)sc1Cl. The van der Waals surface area contributed by atoms with Crippen molar-refractivity contribution in [3.8, 4) is 0 Å². The van der Waals surface area contributed by atoms with Crippen molar-refractivity contribution in [2.75, 3.05) is 12.3 Å². The van der Waals surface area contributed by atoms with E-state index in [-0.39, 0.29) is 24.0 Å². The summed E-state index contributed by atoms with van der Waals surface area (Å²) in [6.07, 6.45) is 0.344. The van der Waals surface area contributed by atoms with Gasteiger partial charge in [-0.1, -0.05) is 53.5 Å². The van der Waals surface area contributed by atoms with E-state index in [0.29, 0.717) is 20.7 Å². The molecule has 0 spiro atoms. The third kappa shape index (κ3) is 5.80. The molecule has 0 aliphatic heterocycles. The molecule has 0 bridgehead atoms. The first-order valence-corrected chi connectivity index (χ1v) is 10.2. The number of hydrogen-bond acceptors (Lipinski definition) is 4. The number of halogens is 2. The minimum absolute atomic E-state index is 0.00769. The molecule has 124 valence electrons. The molecular formula is C15H15Cl2NO3S2. The Bertz CT molecular complexity index is 773. The van der Waals surface area contributed by atoms with E-state index in [1.54, 1.807) is 24.3 Å². The van der Waals surface area contributed by atoms with Crippen LogP contribution in [0.15, 0.2) is 36.4 Å². The summed E-state index contributed by atoms with van der Waals surface area (Å²) >= 11 is 12.8. The first kappa shape index (κ1) is 18.3. The maximum absolute atomic E-state index is 12.0. The van der Waals surface area contributed by atoms with Crippen LogP contribution in [0.2, 0.25) is 8.67 Å². The van der Waals surface area contributed by atoms with E-state index < -0.39 is 9.84 Å². The second kappa shape index (κ2) is 8.15. The Hall–Kier alpha value is -1.08. The zero-order valence-corrected chi connectivity index (χ0v) is 15.2. The maximum atomic E-state index is 12.0. The van der Waals surface area contributed by atoms with Gasteiger partial charge in [0.05, 0.1) is 21.4 Å². The Balaban J connectivity index is 1.78. The molecule has 0 saturated carbocycles. The van der Waals surface area contributed by atoms with Gasteiger partial charge in [-0.3, -0.25) is 4.79 Å².